The molecule has 8 nitrogen and oxygen atoms in total. The molecule has 142 valence electrons. The Kier molecular flexibility index (Phi) is 5.39. The van der Waals surface area contributed by atoms with Crippen LogP contribution in [0.1, 0.15) is 10.4 Å². The van der Waals surface area contributed by atoms with Crippen molar-refractivity contribution in [2.45, 2.75) is 0 Å². The van der Waals surface area contributed by atoms with Gasteiger partial charge in [0.1, 0.15) is 5.82 Å². The van der Waals surface area contributed by atoms with Gasteiger partial charge in [-0.25, -0.2) is 15.0 Å². The number of hydrogen-bond acceptors (Lipinski definition) is 7. The summed E-state index contributed by atoms with van der Waals surface area (Å²) >= 11 is 0. The summed E-state index contributed by atoms with van der Waals surface area (Å²) in [4.78, 5) is 25.6. The predicted octanol–water partition coefficient (Wildman–Crippen LogP) is 2.03. The van der Waals surface area contributed by atoms with Crippen molar-refractivity contribution in [2.24, 2.45) is 0 Å². The van der Waals surface area contributed by atoms with Crippen molar-refractivity contribution in [3.8, 4) is 11.3 Å². The van der Waals surface area contributed by atoms with Crippen molar-refractivity contribution in [3.63, 3.8) is 0 Å². The highest BCUT2D eigenvalue weighted by Crippen LogP contribution is 2.21. The summed E-state index contributed by atoms with van der Waals surface area (Å²) in [6.07, 6.45) is 3.47. The molecule has 1 amide bonds. The maximum absolute atomic E-state index is 12.3. The van der Waals surface area contributed by atoms with E-state index >= 15 is 0 Å². The molecule has 2 aromatic heterocycles. The highest BCUT2D eigenvalue weighted by atomic mass is 16.1. The second-order valence-electron chi connectivity index (χ2n) is 6.33. The third kappa shape index (κ3) is 4.41. The minimum Gasteiger partial charge on any atom is -0.369 e. The Morgan fingerprint density at radius 1 is 0.821 bits per heavy atom. The van der Waals surface area contributed by atoms with E-state index in [9.17, 15) is 4.79 Å². The van der Waals surface area contributed by atoms with Gasteiger partial charge in [0.05, 0.1) is 5.69 Å². The Bertz CT molecular complexity index is 976. The lowest BCUT2D eigenvalue weighted by Crippen LogP contribution is -2.33. The number of carbonyl (C=O) groups excluding carboxylic acids is 1. The van der Waals surface area contributed by atoms with Gasteiger partial charge in [-0.05, 0) is 36.4 Å². The van der Waals surface area contributed by atoms with E-state index in [1.54, 1.807) is 24.5 Å². The number of nitrogens with one attached hydrogen (secondary N) is 4. The van der Waals surface area contributed by atoms with Crippen molar-refractivity contribution < 1.29 is 4.79 Å². The monoisotopic (exact) mass is 375 g/mol. The highest BCUT2D eigenvalue weighted by Gasteiger charge is 2.08. The summed E-state index contributed by atoms with van der Waals surface area (Å²) < 4.78 is 0. The molecule has 4 rings (SSSR count). The highest BCUT2D eigenvalue weighted by molar-refractivity contribution is 5.95. The van der Waals surface area contributed by atoms with Crippen LogP contribution in [-0.2, 0) is 0 Å². The molecule has 0 atom stereocenters. The number of carbonyl (C=O) groups is 1. The van der Waals surface area contributed by atoms with Crippen LogP contribution in [0.25, 0.3) is 11.3 Å². The quantitative estimate of drug-likeness (QED) is 0.477. The molecule has 1 aliphatic rings. The van der Waals surface area contributed by atoms with Crippen LogP contribution in [0.5, 0.6) is 0 Å². The molecule has 8 heteroatoms. The average molecular weight is 375 g/mol. The fourth-order valence-electron chi connectivity index (χ4n) is 2.90. The number of aromatic nitrogens is 3. The Morgan fingerprint density at radius 2 is 1.68 bits per heavy atom. The first-order valence-electron chi connectivity index (χ1n) is 9.17. The fraction of sp³-hybridized carbons (Fsp3) is 0.200. The first-order valence-corrected chi connectivity index (χ1v) is 9.17. The van der Waals surface area contributed by atoms with Crippen LogP contribution >= 0.6 is 0 Å². The molecule has 3 heterocycles. The van der Waals surface area contributed by atoms with E-state index in [4.69, 9.17) is 0 Å². The van der Waals surface area contributed by atoms with Gasteiger partial charge in [0, 0.05) is 55.4 Å². The van der Waals surface area contributed by atoms with Crippen LogP contribution in [-0.4, -0.2) is 47.0 Å². The Labute approximate surface area is 162 Å². The van der Waals surface area contributed by atoms with Gasteiger partial charge in [0.2, 0.25) is 5.95 Å². The zero-order valence-corrected chi connectivity index (χ0v) is 15.3. The van der Waals surface area contributed by atoms with Crippen LogP contribution in [0.4, 0.5) is 17.5 Å². The van der Waals surface area contributed by atoms with Crippen molar-refractivity contribution in [1.29, 1.82) is 0 Å². The van der Waals surface area contributed by atoms with E-state index in [0.717, 1.165) is 35.9 Å². The molecule has 1 aliphatic heterocycles. The molecule has 4 N–H and O–H groups in total. The van der Waals surface area contributed by atoms with Crippen LogP contribution in [0.3, 0.4) is 0 Å². The molecule has 0 radical (unpaired) electrons. The number of fused-ring (bicyclic) bond motifs is 7. The van der Waals surface area contributed by atoms with Gasteiger partial charge in [-0.1, -0.05) is 6.07 Å². The maximum Gasteiger partial charge on any atom is 0.251 e. The summed E-state index contributed by atoms with van der Waals surface area (Å²) in [5.41, 5.74) is 3.07. The summed E-state index contributed by atoms with van der Waals surface area (Å²) in [5, 5.41) is 12.7. The van der Waals surface area contributed by atoms with Gasteiger partial charge in [-0.3, -0.25) is 4.79 Å². The van der Waals surface area contributed by atoms with Gasteiger partial charge < -0.3 is 21.3 Å². The number of nitrogens with zero attached hydrogens (tertiary/aromatic N) is 3. The summed E-state index contributed by atoms with van der Waals surface area (Å²) in [6, 6.07) is 13.0. The van der Waals surface area contributed by atoms with Gasteiger partial charge in [-0.2, -0.15) is 0 Å². The van der Waals surface area contributed by atoms with Crippen molar-refractivity contribution >= 4 is 23.4 Å². The zero-order valence-electron chi connectivity index (χ0n) is 15.3. The van der Waals surface area contributed by atoms with E-state index in [1.165, 1.54) is 0 Å². The van der Waals surface area contributed by atoms with Crippen LogP contribution in [0.15, 0.2) is 54.9 Å². The van der Waals surface area contributed by atoms with Crippen LogP contribution < -0.4 is 21.3 Å². The lowest BCUT2D eigenvalue weighted by Gasteiger charge is -2.11. The normalized spacial score (nSPS) is 14.6. The SMILES string of the molecule is O=C1NCCNCCNc2cc(ccn2)-c2ccnc(n2)Nc2cccc1c2. The van der Waals surface area contributed by atoms with E-state index in [-0.39, 0.29) is 5.91 Å². The third-order valence-corrected chi connectivity index (χ3v) is 4.29. The largest absolute Gasteiger partial charge is 0.369 e. The molecule has 6 bridgehead atoms. The third-order valence-electron chi connectivity index (χ3n) is 4.29. The van der Waals surface area contributed by atoms with Crippen LogP contribution in [0, 0.1) is 0 Å². The minimum absolute atomic E-state index is 0.112. The van der Waals surface area contributed by atoms with Crippen molar-refractivity contribution in [2.75, 3.05) is 36.8 Å². The Hall–Kier alpha value is -3.52. The minimum atomic E-state index is -0.112. The summed E-state index contributed by atoms with van der Waals surface area (Å²) in [6.45, 7) is 2.73. The number of anilines is 3. The number of benzene rings is 1. The lowest BCUT2D eigenvalue weighted by atomic mass is 10.2. The first kappa shape index (κ1) is 17.9. The molecular formula is C20H21N7O. The second kappa shape index (κ2) is 8.45. The number of amides is 1. The second-order valence-corrected chi connectivity index (χ2v) is 6.33. The predicted molar refractivity (Wildman–Crippen MR) is 109 cm³/mol. The van der Waals surface area contributed by atoms with E-state index < -0.39 is 0 Å². The van der Waals surface area contributed by atoms with Gasteiger partial charge >= 0.3 is 0 Å². The molecule has 0 saturated heterocycles. The van der Waals surface area contributed by atoms with Gasteiger partial charge in [-0.15, -0.1) is 0 Å². The fourth-order valence-corrected chi connectivity index (χ4v) is 2.90. The number of rotatable bonds is 0. The molecule has 0 aliphatic carbocycles. The zero-order chi connectivity index (χ0) is 19.2. The van der Waals surface area contributed by atoms with E-state index in [2.05, 4.69) is 36.2 Å². The molecule has 0 unspecified atom stereocenters. The van der Waals surface area contributed by atoms with Crippen LogP contribution in [0.2, 0.25) is 0 Å². The van der Waals surface area contributed by atoms with Crippen molar-refractivity contribution in [3.05, 3.63) is 60.4 Å². The van der Waals surface area contributed by atoms with E-state index in [0.29, 0.717) is 24.6 Å². The molecule has 3 aromatic rings. The molecule has 1 aromatic carbocycles. The number of hydrogen-bond donors (Lipinski definition) is 4. The molecule has 0 saturated carbocycles. The Balaban J connectivity index is 1.66. The molecule has 0 spiro atoms. The summed E-state index contributed by atoms with van der Waals surface area (Å²) in [7, 11) is 0. The molecule has 28 heavy (non-hydrogen) atoms. The smallest absolute Gasteiger partial charge is 0.251 e. The summed E-state index contributed by atoms with van der Waals surface area (Å²) in [5.74, 6) is 1.14. The van der Waals surface area contributed by atoms with Crippen molar-refractivity contribution in [1.82, 2.24) is 25.6 Å². The maximum atomic E-state index is 12.3. The topological polar surface area (TPSA) is 104 Å². The first-order chi connectivity index (χ1) is 13.8. The van der Waals surface area contributed by atoms with Gasteiger partial charge in [0.25, 0.3) is 5.91 Å². The average Bonchev–Trinajstić information content (AvgIpc) is 2.73. The van der Waals surface area contributed by atoms with E-state index in [1.807, 2.05) is 30.3 Å². The number of pyridine rings is 1. The standard InChI is InChI=1S/C20H21N7O/c28-19-15-2-1-3-16(12-15)26-20-25-7-5-17(27-20)14-4-6-22-18(13-14)23-10-8-21-9-11-24-19/h1-7,12-13,21H,8-11H2,(H,22,23)(H,24,28)(H,25,26,27). The molecular weight excluding hydrogens is 354 g/mol. The Morgan fingerprint density at radius 3 is 2.61 bits per heavy atom. The van der Waals surface area contributed by atoms with Gasteiger partial charge in [0.15, 0.2) is 0 Å². The molecule has 0 fully saturated rings. The lowest BCUT2D eigenvalue weighted by molar-refractivity contribution is 0.0954.